The Hall–Kier alpha value is -2.49. The number of anilines is 1. The van der Waals surface area contributed by atoms with Crippen LogP contribution in [0.1, 0.15) is 17.0 Å². The molecule has 4 nitrogen and oxygen atoms in total. The van der Waals surface area contributed by atoms with Gasteiger partial charge in [0.1, 0.15) is 11.6 Å². The zero-order valence-corrected chi connectivity index (χ0v) is 11.6. The summed E-state index contributed by atoms with van der Waals surface area (Å²) in [6, 6.07) is 10.4. The van der Waals surface area contributed by atoms with Gasteiger partial charge in [-0.05, 0) is 25.5 Å². The lowest BCUT2D eigenvalue weighted by atomic mass is 10.1. The third-order valence-electron chi connectivity index (χ3n) is 3.15. The maximum Gasteiger partial charge on any atom is 0.138 e. The van der Waals surface area contributed by atoms with E-state index in [0.29, 0.717) is 0 Å². The maximum atomic E-state index is 4.49. The van der Waals surface area contributed by atoms with Gasteiger partial charge in [0.05, 0.1) is 11.7 Å². The first-order valence-electron chi connectivity index (χ1n) is 6.60. The first-order chi connectivity index (χ1) is 9.72. The minimum atomic E-state index is 0.746. The Morgan fingerprint density at radius 3 is 2.85 bits per heavy atom. The fourth-order valence-corrected chi connectivity index (χ4v) is 2.24. The highest BCUT2D eigenvalue weighted by molar-refractivity contribution is 5.88. The second-order valence-electron chi connectivity index (χ2n) is 4.85. The van der Waals surface area contributed by atoms with Crippen molar-refractivity contribution in [2.75, 3.05) is 5.32 Å². The second-order valence-corrected chi connectivity index (χ2v) is 4.85. The predicted molar refractivity (Wildman–Crippen MR) is 80.6 cm³/mol. The maximum absolute atomic E-state index is 4.49. The molecule has 3 aromatic rings. The van der Waals surface area contributed by atoms with Crippen LogP contribution in [0.4, 0.5) is 5.82 Å². The van der Waals surface area contributed by atoms with Crippen LogP contribution in [0.15, 0.2) is 42.7 Å². The molecule has 3 rings (SSSR count). The summed E-state index contributed by atoms with van der Waals surface area (Å²) in [6.45, 7) is 4.74. The first-order valence-corrected chi connectivity index (χ1v) is 6.60. The molecule has 0 aliphatic rings. The molecule has 100 valence electrons. The Labute approximate surface area is 117 Å². The van der Waals surface area contributed by atoms with Crippen molar-refractivity contribution in [1.82, 2.24) is 15.0 Å². The number of aromatic nitrogens is 3. The number of hydrogen-bond acceptors (Lipinski definition) is 4. The number of fused-ring (bicyclic) bond motifs is 1. The third-order valence-corrected chi connectivity index (χ3v) is 3.15. The number of rotatable bonds is 3. The van der Waals surface area contributed by atoms with E-state index < -0.39 is 0 Å². The van der Waals surface area contributed by atoms with Gasteiger partial charge in [0.2, 0.25) is 0 Å². The quantitative estimate of drug-likeness (QED) is 0.789. The summed E-state index contributed by atoms with van der Waals surface area (Å²) in [6.07, 6.45) is 3.53. The van der Waals surface area contributed by atoms with E-state index in [-0.39, 0.29) is 0 Å². The fraction of sp³-hybridized carbons (Fsp3) is 0.188. The molecule has 2 aromatic heterocycles. The number of pyridine rings is 1. The number of nitrogens with one attached hydrogen (secondary N) is 1. The summed E-state index contributed by atoms with van der Waals surface area (Å²) in [7, 11) is 0. The van der Waals surface area contributed by atoms with Crippen LogP contribution in [0, 0.1) is 13.8 Å². The molecular weight excluding hydrogens is 248 g/mol. The molecule has 1 aromatic carbocycles. The van der Waals surface area contributed by atoms with Gasteiger partial charge in [-0.15, -0.1) is 0 Å². The SMILES string of the molecule is Cc1cccc(CNc2nc(C)nc3cnccc23)c1. The van der Waals surface area contributed by atoms with E-state index in [4.69, 9.17) is 0 Å². The van der Waals surface area contributed by atoms with Crippen molar-refractivity contribution in [3.05, 3.63) is 59.7 Å². The van der Waals surface area contributed by atoms with Gasteiger partial charge < -0.3 is 5.32 Å². The average Bonchev–Trinajstić information content (AvgIpc) is 2.44. The Morgan fingerprint density at radius 1 is 1.10 bits per heavy atom. The van der Waals surface area contributed by atoms with Crippen molar-refractivity contribution in [2.24, 2.45) is 0 Å². The van der Waals surface area contributed by atoms with Crippen molar-refractivity contribution in [3.8, 4) is 0 Å². The smallest absolute Gasteiger partial charge is 0.138 e. The molecular formula is C16H16N4. The number of benzene rings is 1. The monoisotopic (exact) mass is 264 g/mol. The standard InChI is InChI=1S/C16H16N4/c1-11-4-3-5-13(8-11)9-18-16-14-6-7-17-10-15(14)19-12(2)20-16/h3-8,10H,9H2,1-2H3,(H,18,19,20). The van der Waals surface area contributed by atoms with E-state index in [1.54, 1.807) is 12.4 Å². The largest absolute Gasteiger partial charge is 0.365 e. The van der Waals surface area contributed by atoms with Crippen molar-refractivity contribution < 1.29 is 0 Å². The molecule has 20 heavy (non-hydrogen) atoms. The molecule has 0 radical (unpaired) electrons. The van der Waals surface area contributed by atoms with E-state index in [1.807, 2.05) is 13.0 Å². The lowest BCUT2D eigenvalue weighted by Gasteiger charge is -2.09. The van der Waals surface area contributed by atoms with Gasteiger partial charge in [-0.1, -0.05) is 29.8 Å². The normalized spacial score (nSPS) is 10.7. The van der Waals surface area contributed by atoms with Crippen LogP contribution < -0.4 is 5.32 Å². The Bertz CT molecular complexity index is 752. The predicted octanol–water partition coefficient (Wildman–Crippen LogP) is 3.25. The van der Waals surface area contributed by atoms with Crippen LogP contribution in [0.2, 0.25) is 0 Å². The van der Waals surface area contributed by atoms with Gasteiger partial charge in [-0.3, -0.25) is 4.98 Å². The van der Waals surface area contributed by atoms with Crippen LogP contribution >= 0.6 is 0 Å². The lowest BCUT2D eigenvalue weighted by molar-refractivity contribution is 1.05. The average molecular weight is 264 g/mol. The molecule has 0 aliphatic heterocycles. The molecule has 0 saturated heterocycles. The van der Waals surface area contributed by atoms with E-state index in [9.17, 15) is 0 Å². The fourth-order valence-electron chi connectivity index (χ4n) is 2.24. The molecule has 2 heterocycles. The molecule has 0 fully saturated rings. The van der Waals surface area contributed by atoms with Crippen LogP contribution in [-0.4, -0.2) is 15.0 Å². The van der Waals surface area contributed by atoms with Gasteiger partial charge in [-0.2, -0.15) is 0 Å². The minimum Gasteiger partial charge on any atom is -0.365 e. The zero-order valence-electron chi connectivity index (χ0n) is 11.6. The van der Waals surface area contributed by atoms with Gasteiger partial charge in [-0.25, -0.2) is 9.97 Å². The molecule has 0 unspecified atom stereocenters. The Balaban J connectivity index is 1.91. The van der Waals surface area contributed by atoms with Crippen molar-refractivity contribution in [3.63, 3.8) is 0 Å². The molecule has 0 saturated carbocycles. The van der Waals surface area contributed by atoms with Crippen LogP contribution in [-0.2, 0) is 6.54 Å². The summed E-state index contributed by atoms with van der Waals surface area (Å²) in [5.41, 5.74) is 3.37. The van der Waals surface area contributed by atoms with Gasteiger partial charge >= 0.3 is 0 Å². The highest BCUT2D eigenvalue weighted by Crippen LogP contribution is 2.19. The molecule has 0 bridgehead atoms. The molecule has 0 spiro atoms. The summed E-state index contributed by atoms with van der Waals surface area (Å²) < 4.78 is 0. The van der Waals surface area contributed by atoms with Gasteiger partial charge in [0.25, 0.3) is 0 Å². The van der Waals surface area contributed by atoms with Crippen LogP contribution in [0.25, 0.3) is 10.9 Å². The number of aryl methyl sites for hydroxylation is 2. The summed E-state index contributed by atoms with van der Waals surface area (Å²) >= 11 is 0. The summed E-state index contributed by atoms with van der Waals surface area (Å²) in [4.78, 5) is 13.0. The van der Waals surface area contributed by atoms with Crippen molar-refractivity contribution in [2.45, 2.75) is 20.4 Å². The van der Waals surface area contributed by atoms with E-state index >= 15 is 0 Å². The zero-order chi connectivity index (χ0) is 13.9. The van der Waals surface area contributed by atoms with Gasteiger partial charge in [0.15, 0.2) is 0 Å². The van der Waals surface area contributed by atoms with Crippen molar-refractivity contribution >= 4 is 16.7 Å². The molecule has 0 aliphatic carbocycles. The summed E-state index contributed by atoms with van der Waals surface area (Å²) in [5.74, 6) is 1.61. The highest BCUT2D eigenvalue weighted by atomic mass is 15.0. The van der Waals surface area contributed by atoms with E-state index in [2.05, 4.69) is 51.5 Å². The lowest BCUT2D eigenvalue weighted by Crippen LogP contribution is -2.04. The molecule has 0 atom stereocenters. The van der Waals surface area contributed by atoms with Gasteiger partial charge in [0, 0.05) is 18.1 Å². The Kier molecular flexibility index (Phi) is 3.29. The van der Waals surface area contributed by atoms with E-state index in [0.717, 1.165) is 29.1 Å². The minimum absolute atomic E-state index is 0.746. The number of nitrogens with zero attached hydrogens (tertiary/aromatic N) is 3. The molecule has 0 amide bonds. The van der Waals surface area contributed by atoms with Crippen LogP contribution in [0.5, 0.6) is 0 Å². The van der Waals surface area contributed by atoms with Crippen LogP contribution in [0.3, 0.4) is 0 Å². The first kappa shape index (κ1) is 12.5. The topological polar surface area (TPSA) is 50.7 Å². The second kappa shape index (κ2) is 5.25. The summed E-state index contributed by atoms with van der Waals surface area (Å²) in [5, 5.41) is 4.39. The molecule has 4 heteroatoms. The third kappa shape index (κ3) is 2.59. The molecule has 1 N–H and O–H groups in total. The number of hydrogen-bond donors (Lipinski definition) is 1. The van der Waals surface area contributed by atoms with E-state index in [1.165, 1.54) is 11.1 Å². The van der Waals surface area contributed by atoms with Crippen molar-refractivity contribution in [1.29, 1.82) is 0 Å². The highest BCUT2D eigenvalue weighted by Gasteiger charge is 2.05. The Morgan fingerprint density at radius 2 is 2.00 bits per heavy atom.